The Morgan fingerprint density at radius 3 is 2.58 bits per heavy atom. The molecule has 2 aromatic carbocycles. The summed E-state index contributed by atoms with van der Waals surface area (Å²) in [4.78, 5) is 17.4. The molecule has 1 heterocycles. The van der Waals surface area contributed by atoms with Crippen molar-refractivity contribution in [1.82, 2.24) is 9.97 Å². The molecule has 5 nitrogen and oxygen atoms in total. The third-order valence-electron chi connectivity index (χ3n) is 4.01. The van der Waals surface area contributed by atoms with E-state index < -0.39 is 0 Å². The Morgan fingerprint density at radius 2 is 1.85 bits per heavy atom. The first-order valence-corrected chi connectivity index (χ1v) is 8.70. The van der Waals surface area contributed by atoms with Gasteiger partial charge in [0.15, 0.2) is 4.77 Å². The standard InChI is InChI=1S/C20H20N2O3S/c1-24-17-7-5-14(6-8-17)9-10-25-18-4-2-3-15(12-18)11-16-13-21-20(26)22-19(16)23/h2-8,12-13H,9-11H2,1H3,(H2,21,22,23,26). The first kappa shape index (κ1) is 17.9. The molecular weight excluding hydrogens is 348 g/mol. The van der Waals surface area contributed by atoms with Crippen LogP contribution in [0.3, 0.4) is 0 Å². The topological polar surface area (TPSA) is 67.1 Å². The van der Waals surface area contributed by atoms with Crippen LogP contribution in [0.5, 0.6) is 11.5 Å². The van der Waals surface area contributed by atoms with E-state index in [9.17, 15) is 4.79 Å². The number of aromatic amines is 2. The molecule has 0 aliphatic carbocycles. The summed E-state index contributed by atoms with van der Waals surface area (Å²) in [5.74, 6) is 1.63. The van der Waals surface area contributed by atoms with Gasteiger partial charge in [0.25, 0.3) is 5.56 Å². The molecule has 0 amide bonds. The van der Waals surface area contributed by atoms with Crippen LogP contribution in [-0.4, -0.2) is 23.7 Å². The summed E-state index contributed by atoms with van der Waals surface area (Å²) in [5.41, 5.74) is 2.66. The Kier molecular flexibility index (Phi) is 5.86. The normalized spacial score (nSPS) is 10.5. The lowest BCUT2D eigenvalue weighted by Gasteiger charge is -2.09. The second-order valence-corrected chi connectivity index (χ2v) is 6.28. The van der Waals surface area contributed by atoms with E-state index in [1.165, 1.54) is 5.56 Å². The first-order valence-electron chi connectivity index (χ1n) is 8.29. The summed E-state index contributed by atoms with van der Waals surface area (Å²) in [5, 5.41) is 0. The van der Waals surface area contributed by atoms with Crippen LogP contribution in [-0.2, 0) is 12.8 Å². The number of methoxy groups -OCH3 is 1. The Balaban J connectivity index is 1.60. The fourth-order valence-corrected chi connectivity index (χ4v) is 2.76. The van der Waals surface area contributed by atoms with Gasteiger partial charge in [0.2, 0.25) is 0 Å². The number of benzene rings is 2. The van der Waals surface area contributed by atoms with Crippen molar-refractivity contribution in [2.75, 3.05) is 13.7 Å². The molecule has 0 saturated heterocycles. The van der Waals surface area contributed by atoms with Gasteiger partial charge in [0, 0.05) is 24.6 Å². The van der Waals surface area contributed by atoms with Crippen LogP contribution >= 0.6 is 12.2 Å². The molecule has 0 radical (unpaired) electrons. The molecule has 2 N–H and O–H groups in total. The largest absolute Gasteiger partial charge is 0.497 e. The average molecular weight is 368 g/mol. The quantitative estimate of drug-likeness (QED) is 0.625. The van der Waals surface area contributed by atoms with Crippen LogP contribution in [0.25, 0.3) is 0 Å². The van der Waals surface area contributed by atoms with Crippen molar-refractivity contribution in [3.8, 4) is 11.5 Å². The highest BCUT2D eigenvalue weighted by Crippen LogP contribution is 2.16. The second-order valence-electron chi connectivity index (χ2n) is 5.87. The SMILES string of the molecule is COc1ccc(CCOc2cccc(Cc3c[nH]c(=S)[nH]c3=O)c2)cc1. The predicted octanol–water partition coefficient (Wildman–Crippen LogP) is 3.65. The van der Waals surface area contributed by atoms with Crippen LogP contribution in [0.1, 0.15) is 16.7 Å². The first-order chi connectivity index (χ1) is 12.6. The van der Waals surface area contributed by atoms with Crippen LogP contribution < -0.4 is 15.0 Å². The summed E-state index contributed by atoms with van der Waals surface area (Å²) in [6, 6.07) is 15.7. The number of hydrogen-bond acceptors (Lipinski definition) is 4. The molecule has 134 valence electrons. The molecule has 26 heavy (non-hydrogen) atoms. The summed E-state index contributed by atoms with van der Waals surface area (Å²) in [6.45, 7) is 0.578. The minimum atomic E-state index is -0.167. The molecule has 1 aromatic heterocycles. The van der Waals surface area contributed by atoms with E-state index in [0.29, 0.717) is 23.4 Å². The van der Waals surface area contributed by atoms with Crippen molar-refractivity contribution in [2.45, 2.75) is 12.8 Å². The van der Waals surface area contributed by atoms with E-state index >= 15 is 0 Å². The van der Waals surface area contributed by atoms with Crippen LogP contribution in [0.15, 0.2) is 59.5 Å². The third-order valence-corrected chi connectivity index (χ3v) is 4.23. The molecule has 0 aliphatic rings. The van der Waals surface area contributed by atoms with Gasteiger partial charge in [-0.25, -0.2) is 0 Å². The fraction of sp³-hybridized carbons (Fsp3) is 0.200. The van der Waals surface area contributed by atoms with Crippen molar-refractivity contribution in [3.63, 3.8) is 0 Å². The van der Waals surface area contributed by atoms with Gasteiger partial charge >= 0.3 is 0 Å². The van der Waals surface area contributed by atoms with Gasteiger partial charge in [-0.15, -0.1) is 0 Å². The van der Waals surface area contributed by atoms with E-state index in [1.807, 2.05) is 48.5 Å². The predicted molar refractivity (Wildman–Crippen MR) is 104 cm³/mol. The van der Waals surface area contributed by atoms with Crippen molar-refractivity contribution in [1.29, 1.82) is 0 Å². The van der Waals surface area contributed by atoms with Gasteiger partial charge in [0.05, 0.1) is 13.7 Å². The molecule has 3 rings (SSSR count). The van der Waals surface area contributed by atoms with Gasteiger partial charge in [-0.3, -0.25) is 9.78 Å². The van der Waals surface area contributed by atoms with Gasteiger partial charge in [-0.05, 0) is 47.6 Å². The van der Waals surface area contributed by atoms with Crippen molar-refractivity contribution < 1.29 is 9.47 Å². The van der Waals surface area contributed by atoms with Crippen LogP contribution in [0.4, 0.5) is 0 Å². The maximum atomic E-state index is 11.9. The maximum absolute atomic E-state index is 11.9. The van der Waals surface area contributed by atoms with Gasteiger partial charge < -0.3 is 14.5 Å². The second kappa shape index (κ2) is 8.49. The van der Waals surface area contributed by atoms with E-state index in [2.05, 4.69) is 9.97 Å². The lowest BCUT2D eigenvalue weighted by Crippen LogP contribution is -2.13. The van der Waals surface area contributed by atoms with E-state index in [1.54, 1.807) is 13.3 Å². The smallest absolute Gasteiger partial charge is 0.255 e. The van der Waals surface area contributed by atoms with E-state index in [4.69, 9.17) is 21.7 Å². The third kappa shape index (κ3) is 4.83. The highest BCUT2D eigenvalue weighted by Gasteiger charge is 2.03. The van der Waals surface area contributed by atoms with Gasteiger partial charge in [-0.1, -0.05) is 24.3 Å². The molecule has 0 unspecified atom stereocenters. The molecule has 0 spiro atoms. The fourth-order valence-electron chi connectivity index (χ4n) is 2.61. The minimum Gasteiger partial charge on any atom is -0.497 e. The monoisotopic (exact) mass is 368 g/mol. The molecule has 0 saturated carbocycles. The summed E-state index contributed by atoms with van der Waals surface area (Å²) in [7, 11) is 1.66. The number of ether oxygens (including phenoxy) is 2. The lowest BCUT2D eigenvalue weighted by molar-refractivity contribution is 0.321. The Bertz CT molecular complexity index is 977. The molecule has 6 heteroatoms. The number of rotatable bonds is 7. The van der Waals surface area contributed by atoms with Gasteiger partial charge in [0.1, 0.15) is 11.5 Å². The molecule has 0 bridgehead atoms. The summed E-state index contributed by atoms with van der Waals surface area (Å²) in [6.07, 6.45) is 2.97. The zero-order valence-corrected chi connectivity index (χ0v) is 15.3. The Morgan fingerprint density at radius 1 is 1.04 bits per heavy atom. The molecule has 3 aromatic rings. The van der Waals surface area contributed by atoms with Crippen molar-refractivity contribution in [2.24, 2.45) is 0 Å². The number of H-pyrrole nitrogens is 2. The zero-order chi connectivity index (χ0) is 18.4. The molecule has 0 fully saturated rings. The molecule has 0 atom stereocenters. The van der Waals surface area contributed by atoms with E-state index in [-0.39, 0.29) is 5.56 Å². The van der Waals surface area contributed by atoms with Crippen molar-refractivity contribution in [3.05, 3.63) is 86.5 Å². The Hall–Kier alpha value is -2.86. The number of nitrogens with one attached hydrogen (secondary N) is 2. The minimum absolute atomic E-state index is 0.167. The maximum Gasteiger partial charge on any atom is 0.255 e. The van der Waals surface area contributed by atoms with E-state index in [0.717, 1.165) is 23.5 Å². The molecule has 0 aliphatic heterocycles. The lowest BCUT2D eigenvalue weighted by atomic mass is 10.1. The summed E-state index contributed by atoms with van der Waals surface area (Å²) >= 11 is 4.91. The highest BCUT2D eigenvalue weighted by molar-refractivity contribution is 7.71. The Labute approximate surface area is 156 Å². The van der Waals surface area contributed by atoms with Crippen molar-refractivity contribution >= 4 is 12.2 Å². The average Bonchev–Trinajstić information content (AvgIpc) is 2.65. The number of hydrogen-bond donors (Lipinski definition) is 2. The highest BCUT2D eigenvalue weighted by atomic mass is 32.1. The zero-order valence-electron chi connectivity index (χ0n) is 14.5. The van der Waals surface area contributed by atoms with Crippen LogP contribution in [0.2, 0.25) is 0 Å². The van der Waals surface area contributed by atoms with Crippen LogP contribution in [0, 0.1) is 4.77 Å². The number of aromatic nitrogens is 2. The molecular formula is C20H20N2O3S. The van der Waals surface area contributed by atoms with Gasteiger partial charge in [-0.2, -0.15) is 0 Å². The summed E-state index contributed by atoms with van der Waals surface area (Å²) < 4.78 is 11.3.